The second-order valence-corrected chi connectivity index (χ2v) is 7.99. The van der Waals surface area contributed by atoms with Gasteiger partial charge in [-0.15, -0.1) is 0 Å². The lowest BCUT2D eigenvalue weighted by molar-refractivity contribution is -0.116. The molecule has 1 atom stereocenters. The maximum Gasteiger partial charge on any atom is 0.248 e. The number of ether oxygens (including phenoxy) is 2. The van der Waals surface area contributed by atoms with Gasteiger partial charge in [-0.2, -0.15) is 0 Å². The highest BCUT2D eigenvalue weighted by atomic mass is 32.2. The second-order valence-electron chi connectivity index (χ2n) is 6.13. The fourth-order valence-corrected chi connectivity index (χ4v) is 3.89. The van der Waals surface area contributed by atoms with Gasteiger partial charge in [0.25, 0.3) is 0 Å². The monoisotopic (exact) mass is 392 g/mol. The number of aryl methyl sites for hydroxylation is 1. The third kappa shape index (κ3) is 4.91. The van der Waals surface area contributed by atoms with Crippen LogP contribution in [0.2, 0.25) is 0 Å². The van der Waals surface area contributed by atoms with Crippen molar-refractivity contribution >= 4 is 27.3 Å². The second kappa shape index (κ2) is 8.30. The van der Waals surface area contributed by atoms with Crippen LogP contribution in [0.15, 0.2) is 42.5 Å². The van der Waals surface area contributed by atoms with Crippen LogP contribution < -0.4 is 19.1 Å². The largest absolute Gasteiger partial charge is 0.497 e. The van der Waals surface area contributed by atoms with E-state index in [1.807, 2.05) is 13.0 Å². The predicted molar refractivity (Wildman–Crippen MR) is 106 cm³/mol. The van der Waals surface area contributed by atoms with Crippen LogP contribution in [0.1, 0.15) is 12.5 Å². The maximum absolute atomic E-state index is 12.8. The first-order valence-corrected chi connectivity index (χ1v) is 10.1. The zero-order valence-corrected chi connectivity index (χ0v) is 16.8. The number of rotatable bonds is 7. The molecule has 0 aliphatic carbocycles. The molecule has 0 saturated heterocycles. The molecule has 0 aliphatic rings. The van der Waals surface area contributed by atoms with E-state index in [0.29, 0.717) is 22.9 Å². The molecule has 0 fully saturated rings. The molecule has 0 bridgehead atoms. The molecule has 2 aromatic rings. The molecule has 146 valence electrons. The topological polar surface area (TPSA) is 84.9 Å². The molecule has 1 amide bonds. The van der Waals surface area contributed by atoms with E-state index in [9.17, 15) is 13.2 Å². The summed E-state index contributed by atoms with van der Waals surface area (Å²) in [6.07, 6.45) is 1.07. The van der Waals surface area contributed by atoms with Crippen LogP contribution in [-0.4, -0.2) is 40.8 Å². The lowest BCUT2D eigenvalue weighted by Crippen LogP contribution is -2.45. The van der Waals surface area contributed by atoms with Crippen molar-refractivity contribution in [2.45, 2.75) is 19.9 Å². The summed E-state index contributed by atoms with van der Waals surface area (Å²) in [5, 5.41) is 2.72. The van der Waals surface area contributed by atoms with Gasteiger partial charge in [-0.1, -0.05) is 12.1 Å². The molecule has 0 spiro atoms. The van der Waals surface area contributed by atoms with Crippen molar-refractivity contribution in [2.75, 3.05) is 30.1 Å². The molecule has 8 heteroatoms. The van der Waals surface area contributed by atoms with Crippen LogP contribution in [-0.2, 0) is 14.8 Å². The molecule has 0 aliphatic heterocycles. The zero-order valence-electron chi connectivity index (χ0n) is 16.0. The van der Waals surface area contributed by atoms with E-state index in [4.69, 9.17) is 9.47 Å². The Bertz CT molecular complexity index is 927. The SMILES string of the molecule is COc1ccc(OC)c(NC(=O)C(C)N(c2cccc(C)c2)S(C)(=O)=O)c1. The van der Waals surface area contributed by atoms with Gasteiger partial charge in [0.1, 0.15) is 17.5 Å². The minimum atomic E-state index is -3.68. The van der Waals surface area contributed by atoms with E-state index >= 15 is 0 Å². The summed E-state index contributed by atoms with van der Waals surface area (Å²) < 4.78 is 36.3. The van der Waals surface area contributed by atoms with Crippen LogP contribution in [0.5, 0.6) is 11.5 Å². The Morgan fingerprint density at radius 1 is 1.11 bits per heavy atom. The number of nitrogens with one attached hydrogen (secondary N) is 1. The predicted octanol–water partition coefficient (Wildman–Crippen LogP) is 2.81. The first-order valence-electron chi connectivity index (χ1n) is 8.26. The molecule has 0 saturated carbocycles. The minimum absolute atomic E-state index is 0.395. The third-order valence-electron chi connectivity index (χ3n) is 4.01. The fourth-order valence-electron chi connectivity index (χ4n) is 2.72. The van der Waals surface area contributed by atoms with Crippen molar-refractivity contribution in [3.8, 4) is 11.5 Å². The van der Waals surface area contributed by atoms with E-state index in [1.165, 1.54) is 21.1 Å². The van der Waals surface area contributed by atoms with E-state index in [-0.39, 0.29) is 0 Å². The summed E-state index contributed by atoms with van der Waals surface area (Å²) in [5.74, 6) is 0.490. The summed E-state index contributed by atoms with van der Waals surface area (Å²) in [6.45, 7) is 3.39. The quantitative estimate of drug-likeness (QED) is 0.783. The number of nitrogens with zero attached hydrogens (tertiary/aromatic N) is 1. The number of sulfonamides is 1. The van der Waals surface area contributed by atoms with E-state index in [2.05, 4.69) is 5.32 Å². The van der Waals surface area contributed by atoms with Gasteiger partial charge in [0.2, 0.25) is 15.9 Å². The first kappa shape index (κ1) is 20.6. The Kier molecular flexibility index (Phi) is 6.32. The lowest BCUT2D eigenvalue weighted by Gasteiger charge is -2.28. The number of benzene rings is 2. The number of hydrogen-bond acceptors (Lipinski definition) is 5. The van der Waals surface area contributed by atoms with Crippen molar-refractivity contribution < 1.29 is 22.7 Å². The van der Waals surface area contributed by atoms with Crippen molar-refractivity contribution in [1.29, 1.82) is 0 Å². The average molecular weight is 392 g/mol. The molecule has 1 N–H and O–H groups in total. The third-order valence-corrected chi connectivity index (χ3v) is 5.25. The van der Waals surface area contributed by atoms with E-state index < -0.39 is 22.0 Å². The Morgan fingerprint density at radius 3 is 2.37 bits per heavy atom. The number of amides is 1. The van der Waals surface area contributed by atoms with Gasteiger partial charge >= 0.3 is 0 Å². The first-order chi connectivity index (χ1) is 12.7. The maximum atomic E-state index is 12.8. The molecular formula is C19H24N2O5S. The summed E-state index contributed by atoms with van der Waals surface area (Å²) >= 11 is 0. The molecule has 0 heterocycles. The number of carbonyl (C=O) groups excluding carboxylic acids is 1. The number of carbonyl (C=O) groups is 1. The highest BCUT2D eigenvalue weighted by Gasteiger charge is 2.29. The van der Waals surface area contributed by atoms with E-state index in [0.717, 1.165) is 16.1 Å². The molecule has 2 rings (SSSR count). The van der Waals surface area contributed by atoms with Gasteiger partial charge in [0.05, 0.1) is 31.9 Å². The lowest BCUT2D eigenvalue weighted by atomic mass is 10.2. The van der Waals surface area contributed by atoms with Crippen LogP contribution in [0, 0.1) is 6.92 Å². The highest BCUT2D eigenvalue weighted by molar-refractivity contribution is 7.92. The standard InChI is InChI=1S/C19H24N2O5S/c1-13-7-6-8-15(11-13)21(27(5,23)24)14(2)19(22)20-17-12-16(25-3)9-10-18(17)26-4/h6-12,14H,1-5H3,(H,20,22). The number of methoxy groups -OCH3 is 2. The van der Waals surface area contributed by atoms with Gasteiger partial charge < -0.3 is 14.8 Å². The Hall–Kier alpha value is -2.74. The molecule has 0 radical (unpaired) electrons. The Morgan fingerprint density at radius 2 is 1.81 bits per heavy atom. The molecule has 1 unspecified atom stereocenters. The van der Waals surface area contributed by atoms with Crippen LogP contribution in [0.25, 0.3) is 0 Å². The van der Waals surface area contributed by atoms with Gasteiger partial charge in [-0.25, -0.2) is 8.42 Å². The Balaban J connectivity index is 2.36. The van der Waals surface area contributed by atoms with Crippen LogP contribution in [0.4, 0.5) is 11.4 Å². The zero-order chi connectivity index (χ0) is 20.2. The van der Waals surface area contributed by atoms with Crippen LogP contribution in [0.3, 0.4) is 0 Å². The highest BCUT2D eigenvalue weighted by Crippen LogP contribution is 2.30. The summed E-state index contributed by atoms with van der Waals surface area (Å²) in [7, 11) is -0.688. The van der Waals surface area contributed by atoms with Crippen molar-refractivity contribution in [3.05, 3.63) is 48.0 Å². The molecule has 7 nitrogen and oxygen atoms in total. The minimum Gasteiger partial charge on any atom is -0.497 e. The van der Waals surface area contributed by atoms with Gasteiger partial charge in [0.15, 0.2) is 0 Å². The summed E-state index contributed by atoms with van der Waals surface area (Å²) in [4.78, 5) is 12.8. The number of anilines is 2. The summed E-state index contributed by atoms with van der Waals surface area (Å²) in [5.41, 5.74) is 1.72. The molecule has 2 aromatic carbocycles. The van der Waals surface area contributed by atoms with Crippen molar-refractivity contribution in [3.63, 3.8) is 0 Å². The van der Waals surface area contributed by atoms with Crippen molar-refractivity contribution in [1.82, 2.24) is 0 Å². The van der Waals surface area contributed by atoms with Gasteiger partial charge in [-0.3, -0.25) is 9.10 Å². The molecule has 27 heavy (non-hydrogen) atoms. The van der Waals surface area contributed by atoms with Gasteiger partial charge in [-0.05, 0) is 43.7 Å². The molecule has 0 aromatic heterocycles. The molecular weight excluding hydrogens is 368 g/mol. The van der Waals surface area contributed by atoms with Gasteiger partial charge in [0, 0.05) is 6.07 Å². The fraction of sp³-hybridized carbons (Fsp3) is 0.316. The average Bonchev–Trinajstić information content (AvgIpc) is 2.60. The Labute approximate surface area is 160 Å². The number of hydrogen-bond donors (Lipinski definition) is 1. The van der Waals surface area contributed by atoms with Crippen LogP contribution >= 0.6 is 0 Å². The van der Waals surface area contributed by atoms with Crippen molar-refractivity contribution in [2.24, 2.45) is 0 Å². The normalized spacial score (nSPS) is 12.2. The van der Waals surface area contributed by atoms with E-state index in [1.54, 1.807) is 36.4 Å². The smallest absolute Gasteiger partial charge is 0.248 e. The summed E-state index contributed by atoms with van der Waals surface area (Å²) in [6, 6.07) is 11.0.